The maximum atomic E-state index is 12.9. The lowest BCUT2D eigenvalue weighted by Crippen LogP contribution is -2.36. The summed E-state index contributed by atoms with van der Waals surface area (Å²) in [6.45, 7) is 11.5. The second-order valence-corrected chi connectivity index (χ2v) is 8.99. The summed E-state index contributed by atoms with van der Waals surface area (Å²) in [5.74, 6) is 0.00736. The van der Waals surface area contributed by atoms with Crippen LogP contribution in [0.15, 0.2) is 41.3 Å². The Morgan fingerprint density at radius 3 is 2.26 bits per heavy atom. The van der Waals surface area contributed by atoms with Gasteiger partial charge < -0.3 is 5.32 Å². The van der Waals surface area contributed by atoms with Crippen molar-refractivity contribution in [3.63, 3.8) is 0 Å². The molecule has 0 fully saturated rings. The summed E-state index contributed by atoms with van der Waals surface area (Å²) in [6.07, 6.45) is 0. The summed E-state index contributed by atoms with van der Waals surface area (Å²) in [4.78, 5) is 12.6. The molecule has 0 bridgehead atoms. The highest BCUT2D eigenvalue weighted by Crippen LogP contribution is 2.24. The summed E-state index contributed by atoms with van der Waals surface area (Å²) in [5, 5.41) is 2.91. The van der Waals surface area contributed by atoms with Crippen LogP contribution in [0.5, 0.6) is 0 Å². The normalized spacial score (nSPS) is 12.7. The topological polar surface area (TPSA) is 75.3 Å². The van der Waals surface area contributed by atoms with Gasteiger partial charge in [-0.1, -0.05) is 32.0 Å². The van der Waals surface area contributed by atoms with Crippen molar-refractivity contribution in [2.45, 2.75) is 52.5 Å². The number of hydrogen-bond acceptors (Lipinski definition) is 3. The van der Waals surface area contributed by atoms with Gasteiger partial charge >= 0.3 is 0 Å². The number of carbonyl (C=O) groups excluding carboxylic acids is 1. The third kappa shape index (κ3) is 4.89. The number of carbonyl (C=O) groups is 1. The number of sulfonamides is 1. The van der Waals surface area contributed by atoms with Gasteiger partial charge in [0, 0.05) is 11.6 Å². The number of anilines is 1. The van der Waals surface area contributed by atoms with Gasteiger partial charge in [0.1, 0.15) is 0 Å². The Hall–Kier alpha value is -2.34. The molecule has 2 aromatic rings. The molecule has 2 N–H and O–H groups in total. The molecule has 146 valence electrons. The molecule has 0 aromatic heterocycles. The number of nitrogens with one attached hydrogen (secondary N) is 2. The third-order valence-electron chi connectivity index (χ3n) is 4.95. The van der Waals surface area contributed by atoms with E-state index in [0.29, 0.717) is 16.8 Å². The monoisotopic (exact) mass is 388 g/mol. The van der Waals surface area contributed by atoms with E-state index in [9.17, 15) is 13.2 Å². The van der Waals surface area contributed by atoms with Crippen LogP contribution in [0.1, 0.15) is 47.8 Å². The number of hydrogen-bond donors (Lipinski definition) is 2. The van der Waals surface area contributed by atoms with E-state index >= 15 is 0 Å². The van der Waals surface area contributed by atoms with Crippen LogP contribution < -0.4 is 10.0 Å². The second-order valence-electron chi connectivity index (χ2n) is 7.34. The van der Waals surface area contributed by atoms with Crippen LogP contribution in [0.2, 0.25) is 0 Å². The zero-order valence-electron chi connectivity index (χ0n) is 16.8. The lowest BCUT2D eigenvalue weighted by atomic mass is 10.1. The van der Waals surface area contributed by atoms with Crippen LogP contribution in [-0.4, -0.2) is 20.4 Å². The molecule has 0 aliphatic carbocycles. The molecular weight excluding hydrogens is 360 g/mol. The van der Waals surface area contributed by atoms with E-state index in [2.05, 4.69) is 10.0 Å². The summed E-state index contributed by atoms with van der Waals surface area (Å²) in [6, 6.07) is 10.2. The highest BCUT2D eigenvalue weighted by atomic mass is 32.2. The molecule has 0 saturated carbocycles. The molecule has 0 aliphatic heterocycles. The summed E-state index contributed by atoms with van der Waals surface area (Å²) >= 11 is 0. The second kappa shape index (κ2) is 8.13. The minimum Gasteiger partial charge on any atom is -0.349 e. The van der Waals surface area contributed by atoms with Crippen LogP contribution in [0.25, 0.3) is 0 Å². The van der Waals surface area contributed by atoms with E-state index in [1.807, 2.05) is 46.8 Å². The molecule has 6 heteroatoms. The summed E-state index contributed by atoms with van der Waals surface area (Å²) in [7, 11) is -3.81. The van der Waals surface area contributed by atoms with Crippen molar-refractivity contribution in [2.75, 3.05) is 4.72 Å². The van der Waals surface area contributed by atoms with Gasteiger partial charge in [-0.05, 0) is 68.5 Å². The van der Waals surface area contributed by atoms with Gasteiger partial charge in [0.25, 0.3) is 15.9 Å². The lowest BCUT2D eigenvalue weighted by molar-refractivity contribution is 0.0930. The number of aryl methyl sites for hydroxylation is 2. The first-order valence-electron chi connectivity index (χ1n) is 9.03. The zero-order valence-corrected chi connectivity index (χ0v) is 17.6. The quantitative estimate of drug-likeness (QED) is 0.779. The van der Waals surface area contributed by atoms with Gasteiger partial charge in [-0.25, -0.2) is 8.42 Å². The van der Waals surface area contributed by atoms with Crippen molar-refractivity contribution in [2.24, 2.45) is 5.92 Å². The third-order valence-corrected chi connectivity index (χ3v) is 6.46. The molecule has 0 aliphatic rings. The van der Waals surface area contributed by atoms with Gasteiger partial charge in [-0.15, -0.1) is 0 Å². The van der Waals surface area contributed by atoms with Crippen molar-refractivity contribution >= 4 is 21.6 Å². The van der Waals surface area contributed by atoms with Crippen LogP contribution >= 0.6 is 0 Å². The van der Waals surface area contributed by atoms with Crippen molar-refractivity contribution < 1.29 is 13.2 Å². The van der Waals surface area contributed by atoms with Gasteiger partial charge in [0.15, 0.2) is 0 Å². The van der Waals surface area contributed by atoms with Crippen LogP contribution in [0, 0.1) is 26.7 Å². The van der Waals surface area contributed by atoms with E-state index < -0.39 is 10.0 Å². The average molecular weight is 389 g/mol. The van der Waals surface area contributed by atoms with Gasteiger partial charge in [0.05, 0.1) is 10.6 Å². The predicted octanol–water partition coefficient (Wildman–Crippen LogP) is 4.19. The molecule has 0 radical (unpaired) electrons. The fraction of sp³-hybridized carbons (Fsp3) is 0.381. The van der Waals surface area contributed by atoms with E-state index in [1.165, 1.54) is 6.07 Å². The molecule has 1 atom stereocenters. The molecular formula is C21H28N2O3S. The van der Waals surface area contributed by atoms with E-state index in [-0.39, 0.29) is 22.8 Å². The Kier molecular flexibility index (Phi) is 6.31. The largest absolute Gasteiger partial charge is 0.349 e. The SMILES string of the molecule is Cc1ccc(C(=O)N[C@H](C)C(C)C)cc1S(=O)(=O)Nc1cccc(C)c1C. The van der Waals surface area contributed by atoms with Crippen molar-refractivity contribution in [3.05, 3.63) is 58.7 Å². The predicted molar refractivity (Wildman–Crippen MR) is 110 cm³/mol. The van der Waals surface area contributed by atoms with Gasteiger partial charge in [-0.3, -0.25) is 9.52 Å². The number of rotatable bonds is 6. The Labute approximate surface area is 162 Å². The van der Waals surface area contributed by atoms with Crippen molar-refractivity contribution in [3.8, 4) is 0 Å². The summed E-state index contributed by atoms with van der Waals surface area (Å²) in [5.41, 5.74) is 3.33. The first-order valence-corrected chi connectivity index (χ1v) is 10.5. The van der Waals surface area contributed by atoms with Crippen LogP contribution in [0.3, 0.4) is 0 Å². The van der Waals surface area contributed by atoms with Crippen molar-refractivity contribution in [1.29, 1.82) is 0 Å². The van der Waals surface area contributed by atoms with Gasteiger partial charge in [0.2, 0.25) is 0 Å². The zero-order chi connectivity index (χ0) is 20.4. The fourth-order valence-corrected chi connectivity index (χ4v) is 3.94. The van der Waals surface area contributed by atoms with Crippen molar-refractivity contribution in [1.82, 2.24) is 5.32 Å². The molecule has 0 heterocycles. The fourth-order valence-electron chi connectivity index (χ4n) is 2.55. The highest BCUT2D eigenvalue weighted by molar-refractivity contribution is 7.92. The van der Waals surface area contributed by atoms with Crippen LogP contribution in [0.4, 0.5) is 5.69 Å². The minimum absolute atomic E-state index is 0.00747. The average Bonchev–Trinajstić information content (AvgIpc) is 2.58. The summed E-state index contributed by atoms with van der Waals surface area (Å²) < 4.78 is 28.5. The Bertz CT molecular complexity index is 950. The Balaban J connectivity index is 2.36. The number of amides is 1. The van der Waals surface area contributed by atoms with E-state index in [4.69, 9.17) is 0 Å². The highest BCUT2D eigenvalue weighted by Gasteiger charge is 2.21. The smallest absolute Gasteiger partial charge is 0.262 e. The van der Waals surface area contributed by atoms with E-state index in [0.717, 1.165) is 11.1 Å². The first-order chi connectivity index (χ1) is 12.5. The molecule has 27 heavy (non-hydrogen) atoms. The molecule has 0 spiro atoms. The van der Waals surface area contributed by atoms with E-state index in [1.54, 1.807) is 25.1 Å². The van der Waals surface area contributed by atoms with Crippen LogP contribution in [-0.2, 0) is 10.0 Å². The maximum absolute atomic E-state index is 12.9. The standard InChI is InChI=1S/C21H28N2O3S/c1-13(2)17(6)22-21(24)18-11-10-15(4)20(12-18)27(25,26)23-19-9-7-8-14(3)16(19)5/h7-13,17,23H,1-6H3,(H,22,24)/t17-/m1/s1. The first kappa shape index (κ1) is 21.0. The maximum Gasteiger partial charge on any atom is 0.262 e. The number of benzene rings is 2. The molecule has 2 rings (SSSR count). The Morgan fingerprint density at radius 2 is 1.63 bits per heavy atom. The molecule has 5 nitrogen and oxygen atoms in total. The Morgan fingerprint density at radius 1 is 0.963 bits per heavy atom. The lowest BCUT2D eigenvalue weighted by Gasteiger charge is -2.18. The minimum atomic E-state index is -3.81. The molecule has 1 amide bonds. The molecule has 2 aromatic carbocycles. The molecule has 0 unspecified atom stereocenters. The molecule has 0 saturated heterocycles. The van der Waals surface area contributed by atoms with Gasteiger partial charge in [-0.2, -0.15) is 0 Å².